The standard InChI is InChI=1S/C21H22ClN5O/c1-14-23-24-20-17(11-12-25(2)3)21(28)27(16-7-5-4-6-8-16)19-13-15(22)9-10-18(19)26(14)20/h4-10,13,17H,11-12H2,1-3H3. The van der Waals surface area contributed by atoms with E-state index in [1.54, 1.807) is 4.90 Å². The zero-order valence-electron chi connectivity index (χ0n) is 16.1. The maximum absolute atomic E-state index is 13.8. The minimum atomic E-state index is -0.407. The Bertz CT molecular complexity index is 1010. The van der Waals surface area contributed by atoms with Gasteiger partial charge in [0.1, 0.15) is 17.6 Å². The van der Waals surface area contributed by atoms with E-state index in [1.165, 1.54) is 0 Å². The number of hydrogen-bond acceptors (Lipinski definition) is 4. The van der Waals surface area contributed by atoms with Crippen molar-refractivity contribution >= 4 is 28.9 Å². The van der Waals surface area contributed by atoms with Crippen molar-refractivity contribution in [1.29, 1.82) is 0 Å². The molecule has 0 fully saturated rings. The Morgan fingerprint density at radius 2 is 1.82 bits per heavy atom. The molecule has 0 radical (unpaired) electrons. The van der Waals surface area contributed by atoms with E-state index in [2.05, 4.69) is 15.1 Å². The number of anilines is 2. The maximum Gasteiger partial charge on any atom is 0.242 e. The zero-order valence-corrected chi connectivity index (χ0v) is 16.9. The average Bonchev–Trinajstić information content (AvgIpc) is 3.00. The van der Waals surface area contributed by atoms with E-state index in [-0.39, 0.29) is 5.91 Å². The van der Waals surface area contributed by atoms with Gasteiger partial charge in [0, 0.05) is 10.7 Å². The fourth-order valence-corrected chi connectivity index (χ4v) is 3.80. The lowest BCUT2D eigenvalue weighted by molar-refractivity contribution is -0.119. The Morgan fingerprint density at radius 3 is 2.54 bits per heavy atom. The summed E-state index contributed by atoms with van der Waals surface area (Å²) in [6.45, 7) is 2.67. The van der Waals surface area contributed by atoms with E-state index < -0.39 is 5.92 Å². The largest absolute Gasteiger partial charge is 0.309 e. The molecule has 28 heavy (non-hydrogen) atoms. The third-order valence-corrected chi connectivity index (χ3v) is 5.21. The number of amides is 1. The molecule has 1 aliphatic heterocycles. The minimum Gasteiger partial charge on any atom is -0.309 e. The molecule has 144 valence electrons. The van der Waals surface area contributed by atoms with Crippen LogP contribution in [0.4, 0.5) is 11.4 Å². The van der Waals surface area contributed by atoms with Crippen LogP contribution in [0.25, 0.3) is 5.69 Å². The van der Waals surface area contributed by atoms with E-state index >= 15 is 0 Å². The molecule has 0 spiro atoms. The molecule has 6 nitrogen and oxygen atoms in total. The van der Waals surface area contributed by atoms with Crippen molar-refractivity contribution < 1.29 is 4.79 Å². The zero-order chi connectivity index (χ0) is 19.8. The first-order valence-electron chi connectivity index (χ1n) is 9.23. The summed E-state index contributed by atoms with van der Waals surface area (Å²) in [4.78, 5) is 17.6. The molecule has 1 atom stereocenters. The predicted octanol–water partition coefficient (Wildman–Crippen LogP) is 3.94. The van der Waals surface area contributed by atoms with Gasteiger partial charge in [-0.3, -0.25) is 14.3 Å². The van der Waals surface area contributed by atoms with Crippen molar-refractivity contribution in [3.8, 4) is 5.69 Å². The number of fused-ring (bicyclic) bond motifs is 3. The molecule has 1 amide bonds. The third kappa shape index (κ3) is 3.19. The number of aryl methyl sites for hydroxylation is 1. The molecule has 0 saturated carbocycles. The molecular weight excluding hydrogens is 374 g/mol. The smallest absolute Gasteiger partial charge is 0.242 e. The summed E-state index contributed by atoms with van der Waals surface area (Å²) in [7, 11) is 4.00. The molecule has 1 unspecified atom stereocenters. The number of carbonyl (C=O) groups excluding carboxylic acids is 1. The Balaban J connectivity index is 1.96. The number of halogens is 1. The second-order valence-electron chi connectivity index (χ2n) is 7.23. The summed E-state index contributed by atoms with van der Waals surface area (Å²) in [5, 5.41) is 9.23. The highest BCUT2D eigenvalue weighted by Crippen LogP contribution is 2.41. The number of rotatable bonds is 4. The highest BCUT2D eigenvalue weighted by atomic mass is 35.5. The van der Waals surface area contributed by atoms with Crippen molar-refractivity contribution in [3.05, 3.63) is 65.2 Å². The first-order valence-corrected chi connectivity index (χ1v) is 9.60. The van der Waals surface area contributed by atoms with Gasteiger partial charge in [-0.05, 0) is 64.3 Å². The van der Waals surface area contributed by atoms with E-state index in [0.29, 0.717) is 17.3 Å². The third-order valence-electron chi connectivity index (χ3n) is 4.98. The monoisotopic (exact) mass is 395 g/mol. The highest BCUT2D eigenvalue weighted by Gasteiger charge is 2.37. The fourth-order valence-electron chi connectivity index (χ4n) is 3.64. The molecule has 1 aliphatic rings. The molecular formula is C21H22ClN5O. The Morgan fingerprint density at radius 1 is 1.07 bits per heavy atom. The average molecular weight is 396 g/mol. The normalized spacial score (nSPS) is 16.1. The fraction of sp³-hybridized carbons (Fsp3) is 0.286. The van der Waals surface area contributed by atoms with Crippen LogP contribution in [0, 0.1) is 6.92 Å². The van der Waals surface area contributed by atoms with E-state index in [9.17, 15) is 4.79 Å². The lowest BCUT2D eigenvalue weighted by Gasteiger charge is -2.26. The second-order valence-corrected chi connectivity index (χ2v) is 7.66. The summed E-state index contributed by atoms with van der Waals surface area (Å²) in [6, 6.07) is 15.3. The molecule has 4 rings (SSSR count). The van der Waals surface area contributed by atoms with Gasteiger partial charge in [0.2, 0.25) is 5.91 Å². The van der Waals surface area contributed by atoms with Crippen molar-refractivity contribution in [3.63, 3.8) is 0 Å². The molecule has 0 bridgehead atoms. The Kier molecular flexibility index (Phi) is 4.91. The summed E-state index contributed by atoms with van der Waals surface area (Å²) < 4.78 is 1.98. The van der Waals surface area contributed by atoms with Crippen molar-refractivity contribution in [1.82, 2.24) is 19.7 Å². The first-order chi connectivity index (χ1) is 13.5. The molecule has 7 heteroatoms. The number of nitrogens with zero attached hydrogens (tertiary/aromatic N) is 5. The SMILES string of the molecule is Cc1nnc2n1-c1ccc(Cl)cc1N(c1ccccc1)C(=O)C2CCN(C)C. The van der Waals surface area contributed by atoms with Crippen molar-refractivity contribution in [2.45, 2.75) is 19.3 Å². The van der Waals surface area contributed by atoms with Crippen LogP contribution in [-0.2, 0) is 4.79 Å². The number of benzene rings is 2. The van der Waals surface area contributed by atoms with E-state index in [4.69, 9.17) is 11.6 Å². The minimum absolute atomic E-state index is 0.0253. The lowest BCUT2D eigenvalue weighted by atomic mass is 10.0. The molecule has 1 aromatic heterocycles. The van der Waals surface area contributed by atoms with Crippen LogP contribution in [0.5, 0.6) is 0 Å². The van der Waals surface area contributed by atoms with Crippen LogP contribution in [-0.4, -0.2) is 46.2 Å². The van der Waals surface area contributed by atoms with Crippen LogP contribution >= 0.6 is 11.6 Å². The van der Waals surface area contributed by atoms with Gasteiger partial charge in [-0.1, -0.05) is 29.8 Å². The molecule has 2 aromatic carbocycles. The van der Waals surface area contributed by atoms with Gasteiger partial charge in [-0.2, -0.15) is 0 Å². The van der Waals surface area contributed by atoms with Crippen molar-refractivity contribution in [2.75, 3.05) is 25.5 Å². The summed E-state index contributed by atoms with van der Waals surface area (Å²) >= 11 is 6.33. The van der Waals surface area contributed by atoms with E-state index in [0.717, 1.165) is 29.4 Å². The maximum atomic E-state index is 13.8. The molecule has 0 N–H and O–H groups in total. The second kappa shape index (κ2) is 7.37. The van der Waals surface area contributed by atoms with Crippen molar-refractivity contribution in [2.24, 2.45) is 0 Å². The van der Waals surface area contributed by atoms with Crippen LogP contribution in [0.1, 0.15) is 24.0 Å². The number of para-hydroxylation sites is 1. The van der Waals surface area contributed by atoms with Gasteiger partial charge in [-0.15, -0.1) is 10.2 Å². The molecule has 0 saturated heterocycles. The van der Waals surface area contributed by atoms with Gasteiger partial charge in [-0.25, -0.2) is 0 Å². The summed E-state index contributed by atoms with van der Waals surface area (Å²) in [5.41, 5.74) is 2.40. The Labute approximate surface area is 169 Å². The quantitative estimate of drug-likeness (QED) is 0.671. The van der Waals surface area contributed by atoms with Gasteiger partial charge in [0.05, 0.1) is 11.4 Å². The van der Waals surface area contributed by atoms with Gasteiger partial charge in [0.25, 0.3) is 0 Å². The number of carbonyl (C=O) groups is 1. The van der Waals surface area contributed by atoms with Gasteiger partial charge >= 0.3 is 0 Å². The van der Waals surface area contributed by atoms with Crippen LogP contribution in [0.15, 0.2) is 48.5 Å². The Hall–Kier alpha value is -2.70. The molecule has 0 aliphatic carbocycles. The molecule has 3 aromatic rings. The van der Waals surface area contributed by atoms with Gasteiger partial charge in [0.15, 0.2) is 0 Å². The predicted molar refractivity (Wildman–Crippen MR) is 111 cm³/mol. The van der Waals surface area contributed by atoms with Crippen LogP contribution < -0.4 is 4.90 Å². The number of aromatic nitrogens is 3. The highest BCUT2D eigenvalue weighted by molar-refractivity contribution is 6.31. The van der Waals surface area contributed by atoms with Crippen LogP contribution in [0.2, 0.25) is 5.02 Å². The van der Waals surface area contributed by atoms with E-state index in [1.807, 2.05) is 74.1 Å². The number of hydrogen-bond donors (Lipinski definition) is 0. The first kappa shape index (κ1) is 18.7. The van der Waals surface area contributed by atoms with Gasteiger partial charge < -0.3 is 4.90 Å². The summed E-state index contributed by atoms with van der Waals surface area (Å²) in [5.74, 6) is 0.986. The topological polar surface area (TPSA) is 54.3 Å². The van der Waals surface area contributed by atoms with Crippen LogP contribution in [0.3, 0.4) is 0 Å². The summed E-state index contributed by atoms with van der Waals surface area (Å²) in [6.07, 6.45) is 0.648. The lowest BCUT2D eigenvalue weighted by Crippen LogP contribution is -2.32. The molecule has 2 heterocycles.